The molecule has 0 aliphatic carbocycles. The van der Waals surface area contributed by atoms with Crippen molar-refractivity contribution in [3.05, 3.63) is 50.6 Å². The summed E-state index contributed by atoms with van der Waals surface area (Å²) in [5.41, 5.74) is -0.484. The monoisotopic (exact) mass is 483 g/mol. The molecule has 0 spiro atoms. The number of aromatic nitrogens is 2. The van der Waals surface area contributed by atoms with Gasteiger partial charge in [0.25, 0.3) is 5.56 Å². The van der Waals surface area contributed by atoms with Gasteiger partial charge in [0.05, 0.1) is 21.9 Å². The van der Waals surface area contributed by atoms with Crippen LogP contribution in [0.5, 0.6) is 0 Å². The Labute approximate surface area is 192 Å². The fourth-order valence-electron chi connectivity index (χ4n) is 3.33. The second kappa shape index (κ2) is 9.27. The number of thiophene rings is 1. The van der Waals surface area contributed by atoms with Gasteiger partial charge in [-0.05, 0) is 44.4 Å². The Kier molecular flexibility index (Phi) is 7.04. The highest BCUT2D eigenvalue weighted by molar-refractivity contribution is 8.00. The molecular weight excluding hydrogens is 459 g/mol. The molecule has 1 aromatic carbocycles. The first kappa shape index (κ1) is 24.3. The maximum atomic E-state index is 13.3. The number of thioether (sulfide) groups is 1. The molecule has 0 saturated carbocycles. The van der Waals surface area contributed by atoms with Gasteiger partial charge < -0.3 is 5.32 Å². The van der Waals surface area contributed by atoms with E-state index in [4.69, 9.17) is 0 Å². The van der Waals surface area contributed by atoms with E-state index in [0.29, 0.717) is 21.9 Å². The molecule has 10 heteroatoms. The van der Waals surface area contributed by atoms with Crippen LogP contribution in [0.25, 0.3) is 10.2 Å². The van der Waals surface area contributed by atoms with Crippen LogP contribution in [0.2, 0.25) is 0 Å². The molecule has 5 nitrogen and oxygen atoms in total. The van der Waals surface area contributed by atoms with Crippen molar-refractivity contribution in [3.8, 4) is 0 Å². The molecule has 3 aromatic rings. The minimum Gasteiger partial charge on any atom is -0.325 e. The van der Waals surface area contributed by atoms with Crippen molar-refractivity contribution in [2.75, 3.05) is 5.32 Å². The highest BCUT2D eigenvalue weighted by atomic mass is 32.2. The molecule has 0 bridgehead atoms. The van der Waals surface area contributed by atoms with Gasteiger partial charge >= 0.3 is 6.18 Å². The number of hydrogen-bond donors (Lipinski definition) is 1. The zero-order valence-electron chi connectivity index (χ0n) is 18.3. The number of alkyl halides is 3. The number of nitrogens with zero attached hydrogens (tertiary/aromatic N) is 2. The minimum absolute atomic E-state index is 0.174. The lowest BCUT2D eigenvalue weighted by molar-refractivity contribution is -0.137. The fraction of sp³-hybridized carbons (Fsp3) is 0.409. The number of halogens is 3. The first-order chi connectivity index (χ1) is 15.0. The highest BCUT2D eigenvalue weighted by Crippen LogP contribution is 2.36. The summed E-state index contributed by atoms with van der Waals surface area (Å²) in [6.45, 7) is 9.59. The van der Waals surface area contributed by atoms with Crippen LogP contribution in [0.15, 0.2) is 34.2 Å². The molecule has 1 amide bonds. The third-order valence-corrected chi connectivity index (χ3v) is 7.79. The van der Waals surface area contributed by atoms with Crippen molar-refractivity contribution in [1.29, 1.82) is 0 Å². The highest BCUT2D eigenvalue weighted by Gasteiger charge is 2.35. The Morgan fingerprint density at radius 1 is 1.25 bits per heavy atom. The maximum absolute atomic E-state index is 13.3. The molecule has 1 N–H and O–H groups in total. The molecule has 2 heterocycles. The summed E-state index contributed by atoms with van der Waals surface area (Å²) >= 11 is 2.51. The Hall–Kier alpha value is -2.33. The van der Waals surface area contributed by atoms with Gasteiger partial charge in [0.2, 0.25) is 5.91 Å². The van der Waals surface area contributed by atoms with Crippen LogP contribution in [0, 0.1) is 19.8 Å². The summed E-state index contributed by atoms with van der Waals surface area (Å²) < 4.78 is 41.5. The standard InChI is InChI=1S/C22H24F3N3O2S2/c1-6-28-20(30)16-12(4)13(5)31-19(16)27-21(28)32-17(11(2)3)18(29)26-15-10-8-7-9-14(15)22(23,24)25/h7-11,17H,6H2,1-5H3,(H,26,29). The van der Waals surface area contributed by atoms with E-state index < -0.39 is 22.9 Å². The number of amides is 1. The predicted molar refractivity (Wildman–Crippen MR) is 124 cm³/mol. The van der Waals surface area contributed by atoms with Crippen LogP contribution in [-0.2, 0) is 17.5 Å². The van der Waals surface area contributed by atoms with E-state index in [0.717, 1.165) is 28.3 Å². The number of benzene rings is 1. The Balaban J connectivity index is 1.99. The molecule has 1 unspecified atom stereocenters. The topological polar surface area (TPSA) is 64.0 Å². The molecule has 0 saturated heterocycles. The van der Waals surface area contributed by atoms with E-state index >= 15 is 0 Å². The number of anilines is 1. The second-order valence-electron chi connectivity index (χ2n) is 7.72. The number of hydrogen-bond acceptors (Lipinski definition) is 5. The maximum Gasteiger partial charge on any atom is 0.418 e. The number of carbonyl (C=O) groups excluding carboxylic acids is 1. The van der Waals surface area contributed by atoms with E-state index in [9.17, 15) is 22.8 Å². The first-order valence-electron chi connectivity index (χ1n) is 10.1. The largest absolute Gasteiger partial charge is 0.418 e. The molecule has 0 aliphatic rings. The number of para-hydroxylation sites is 1. The van der Waals surface area contributed by atoms with E-state index in [1.807, 2.05) is 20.8 Å². The third-order valence-electron chi connectivity index (χ3n) is 5.16. The van der Waals surface area contributed by atoms with Gasteiger partial charge in [-0.1, -0.05) is 37.7 Å². The number of carbonyl (C=O) groups is 1. The molecule has 172 valence electrons. The van der Waals surface area contributed by atoms with E-state index in [1.165, 1.54) is 34.1 Å². The molecule has 2 aromatic heterocycles. The van der Waals surface area contributed by atoms with Gasteiger partial charge in [0.15, 0.2) is 5.16 Å². The average Bonchev–Trinajstić information content (AvgIpc) is 2.99. The molecular formula is C22H24F3N3O2S2. The summed E-state index contributed by atoms with van der Waals surface area (Å²) in [7, 11) is 0. The van der Waals surface area contributed by atoms with Gasteiger partial charge in [-0.15, -0.1) is 11.3 Å². The van der Waals surface area contributed by atoms with E-state index in [1.54, 1.807) is 13.8 Å². The van der Waals surface area contributed by atoms with Gasteiger partial charge in [0.1, 0.15) is 4.83 Å². The number of nitrogens with one attached hydrogen (secondary N) is 1. The minimum atomic E-state index is -4.59. The van der Waals surface area contributed by atoms with Crippen LogP contribution >= 0.6 is 23.1 Å². The van der Waals surface area contributed by atoms with E-state index in [-0.39, 0.29) is 17.2 Å². The van der Waals surface area contributed by atoms with Crippen LogP contribution in [0.1, 0.15) is 36.8 Å². The van der Waals surface area contributed by atoms with Crippen molar-refractivity contribution >= 4 is 44.9 Å². The Morgan fingerprint density at radius 2 is 1.91 bits per heavy atom. The van der Waals surface area contributed by atoms with Crippen LogP contribution in [0.3, 0.4) is 0 Å². The molecule has 3 rings (SSSR count). The third kappa shape index (κ3) is 4.71. The van der Waals surface area contributed by atoms with Crippen molar-refractivity contribution in [3.63, 3.8) is 0 Å². The fourth-order valence-corrected chi connectivity index (χ4v) is 5.55. The van der Waals surface area contributed by atoms with Crippen molar-refractivity contribution in [2.45, 2.75) is 57.7 Å². The summed E-state index contributed by atoms with van der Waals surface area (Å²) in [4.78, 5) is 32.3. The summed E-state index contributed by atoms with van der Waals surface area (Å²) in [6, 6.07) is 4.87. The molecule has 0 fully saturated rings. The smallest absolute Gasteiger partial charge is 0.325 e. The van der Waals surface area contributed by atoms with Crippen molar-refractivity contribution in [1.82, 2.24) is 9.55 Å². The second-order valence-corrected chi connectivity index (χ2v) is 10.0. The Morgan fingerprint density at radius 3 is 2.50 bits per heavy atom. The van der Waals surface area contributed by atoms with Crippen LogP contribution in [-0.4, -0.2) is 20.7 Å². The Bertz CT molecular complexity index is 1220. The van der Waals surface area contributed by atoms with Crippen LogP contribution < -0.4 is 10.9 Å². The summed E-state index contributed by atoms with van der Waals surface area (Å²) in [6.07, 6.45) is -4.59. The lowest BCUT2D eigenvalue weighted by Crippen LogP contribution is -2.32. The van der Waals surface area contributed by atoms with Crippen LogP contribution in [0.4, 0.5) is 18.9 Å². The number of fused-ring (bicyclic) bond motifs is 1. The molecule has 32 heavy (non-hydrogen) atoms. The van der Waals surface area contributed by atoms with Crippen molar-refractivity contribution in [2.24, 2.45) is 5.92 Å². The molecule has 0 aliphatic heterocycles. The zero-order chi connectivity index (χ0) is 23.8. The van der Waals surface area contributed by atoms with Crippen molar-refractivity contribution < 1.29 is 18.0 Å². The lowest BCUT2D eigenvalue weighted by atomic mass is 10.1. The van der Waals surface area contributed by atoms with Gasteiger partial charge in [-0.3, -0.25) is 14.2 Å². The quantitative estimate of drug-likeness (QED) is 0.352. The molecule has 0 radical (unpaired) electrons. The average molecular weight is 484 g/mol. The number of rotatable bonds is 6. The SMILES string of the molecule is CCn1c(SC(C(=O)Nc2ccccc2C(F)(F)F)C(C)C)nc2sc(C)c(C)c2c1=O. The van der Waals surface area contributed by atoms with Gasteiger partial charge in [0, 0.05) is 11.4 Å². The normalized spacial score (nSPS) is 13.0. The first-order valence-corrected chi connectivity index (χ1v) is 11.8. The molecule has 1 atom stereocenters. The predicted octanol–water partition coefficient (Wildman–Crippen LogP) is 5.87. The van der Waals surface area contributed by atoms with E-state index in [2.05, 4.69) is 10.3 Å². The lowest BCUT2D eigenvalue weighted by Gasteiger charge is -2.22. The van der Waals surface area contributed by atoms with Gasteiger partial charge in [-0.2, -0.15) is 13.2 Å². The zero-order valence-corrected chi connectivity index (χ0v) is 20.0. The summed E-state index contributed by atoms with van der Waals surface area (Å²) in [5.74, 6) is -0.792. The number of aryl methyl sites for hydroxylation is 2. The summed E-state index contributed by atoms with van der Waals surface area (Å²) in [5, 5.41) is 2.63. The van der Waals surface area contributed by atoms with Gasteiger partial charge in [-0.25, -0.2) is 4.98 Å².